The Hall–Kier alpha value is -4.10. The van der Waals surface area contributed by atoms with E-state index < -0.39 is 17.7 Å². The molecule has 1 saturated heterocycles. The third-order valence-electron chi connectivity index (χ3n) is 8.06. The molecule has 0 atom stereocenters. The Balaban J connectivity index is 1.22. The van der Waals surface area contributed by atoms with E-state index >= 15 is 0 Å². The zero-order valence-corrected chi connectivity index (χ0v) is 24.9. The van der Waals surface area contributed by atoms with Gasteiger partial charge < -0.3 is 30.3 Å². The zero-order chi connectivity index (χ0) is 31.0. The van der Waals surface area contributed by atoms with Gasteiger partial charge in [-0.25, -0.2) is 9.37 Å². The van der Waals surface area contributed by atoms with Crippen molar-refractivity contribution in [2.75, 3.05) is 57.0 Å². The molecule has 3 amide bonds. The number of amides is 3. The van der Waals surface area contributed by atoms with Gasteiger partial charge in [-0.1, -0.05) is 11.6 Å². The number of carbonyl (C=O) groups excluding carboxylic acids is 3. The van der Waals surface area contributed by atoms with Crippen molar-refractivity contribution < 1.29 is 23.2 Å². The number of nitrogens with two attached hydrogens (primary N) is 1. The van der Waals surface area contributed by atoms with Crippen molar-refractivity contribution in [2.24, 2.45) is 24.6 Å². The first kappa shape index (κ1) is 30.4. The second kappa shape index (κ2) is 12.3. The maximum absolute atomic E-state index is 14.7. The summed E-state index contributed by atoms with van der Waals surface area (Å²) in [6, 6.07) is 5.54. The van der Waals surface area contributed by atoms with Crippen molar-refractivity contribution in [3.05, 3.63) is 58.6 Å². The molecule has 2 fully saturated rings. The maximum atomic E-state index is 14.7. The quantitative estimate of drug-likeness (QED) is 0.391. The van der Waals surface area contributed by atoms with Gasteiger partial charge in [-0.3, -0.25) is 14.4 Å². The van der Waals surface area contributed by atoms with E-state index in [2.05, 4.69) is 15.3 Å². The van der Waals surface area contributed by atoms with E-state index in [0.29, 0.717) is 44.3 Å². The van der Waals surface area contributed by atoms with Gasteiger partial charge in [0.25, 0.3) is 11.8 Å². The monoisotopic (exact) mass is 614 g/mol. The minimum Gasteiger partial charge on any atom is -0.360 e. The average molecular weight is 615 g/mol. The SMILES string of the molecule is CN(C)c1nc(F)c(-c2cnc(C(=O)Nc3ccc(C(=O)N4CCN(C(=O)C5CC(CN)C5)CC4)c(Cl)c3)n2C)cc1F. The van der Waals surface area contributed by atoms with Crippen LogP contribution in [0.25, 0.3) is 11.3 Å². The predicted molar refractivity (Wildman–Crippen MR) is 158 cm³/mol. The maximum Gasteiger partial charge on any atom is 0.291 e. The summed E-state index contributed by atoms with van der Waals surface area (Å²) >= 11 is 6.45. The molecular weight excluding hydrogens is 582 g/mol. The molecule has 3 N–H and O–H groups in total. The number of halogens is 3. The van der Waals surface area contributed by atoms with Crippen LogP contribution in [0.2, 0.25) is 5.02 Å². The lowest BCUT2D eigenvalue weighted by Gasteiger charge is -2.40. The number of pyridine rings is 1. The number of piperazine rings is 1. The lowest BCUT2D eigenvalue weighted by Crippen LogP contribution is -2.53. The molecule has 0 unspecified atom stereocenters. The van der Waals surface area contributed by atoms with Crippen LogP contribution in [0.15, 0.2) is 30.5 Å². The molecule has 11 nitrogen and oxygen atoms in total. The highest BCUT2D eigenvalue weighted by molar-refractivity contribution is 6.34. The number of hydrogen-bond acceptors (Lipinski definition) is 7. The molecule has 228 valence electrons. The van der Waals surface area contributed by atoms with Gasteiger partial charge in [-0.2, -0.15) is 9.37 Å². The highest BCUT2D eigenvalue weighted by Crippen LogP contribution is 2.34. The van der Waals surface area contributed by atoms with Crippen molar-refractivity contribution in [3.8, 4) is 11.3 Å². The van der Waals surface area contributed by atoms with Crippen LogP contribution >= 0.6 is 11.6 Å². The van der Waals surface area contributed by atoms with Gasteiger partial charge in [0.15, 0.2) is 17.5 Å². The first-order chi connectivity index (χ1) is 20.5. The molecule has 14 heteroatoms. The van der Waals surface area contributed by atoms with Gasteiger partial charge in [0.2, 0.25) is 11.9 Å². The van der Waals surface area contributed by atoms with Crippen LogP contribution in [-0.2, 0) is 11.8 Å². The molecule has 43 heavy (non-hydrogen) atoms. The highest BCUT2D eigenvalue weighted by Gasteiger charge is 2.37. The molecule has 5 rings (SSSR count). The normalized spacial score (nSPS) is 18.3. The number of anilines is 2. The largest absolute Gasteiger partial charge is 0.360 e. The topological polar surface area (TPSA) is 130 Å². The smallest absolute Gasteiger partial charge is 0.291 e. The van der Waals surface area contributed by atoms with Crippen molar-refractivity contribution in [2.45, 2.75) is 12.8 Å². The lowest BCUT2D eigenvalue weighted by molar-refractivity contribution is -0.141. The molecule has 3 heterocycles. The second-order valence-corrected chi connectivity index (χ2v) is 11.5. The minimum atomic E-state index is -0.904. The predicted octanol–water partition coefficient (Wildman–Crippen LogP) is 3.00. The van der Waals surface area contributed by atoms with E-state index in [1.807, 2.05) is 4.90 Å². The Morgan fingerprint density at radius 1 is 1.09 bits per heavy atom. The fraction of sp³-hybridized carbons (Fsp3) is 0.414. The van der Waals surface area contributed by atoms with Gasteiger partial charge in [-0.15, -0.1) is 0 Å². The van der Waals surface area contributed by atoms with Crippen molar-refractivity contribution in [1.29, 1.82) is 0 Å². The van der Waals surface area contributed by atoms with Crippen LogP contribution < -0.4 is 16.0 Å². The number of carbonyl (C=O) groups is 3. The number of benzene rings is 1. The van der Waals surface area contributed by atoms with E-state index in [4.69, 9.17) is 17.3 Å². The van der Waals surface area contributed by atoms with Crippen molar-refractivity contribution in [3.63, 3.8) is 0 Å². The van der Waals surface area contributed by atoms with Gasteiger partial charge in [0.1, 0.15) is 0 Å². The Bertz CT molecular complexity index is 1570. The summed E-state index contributed by atoms with van der Waals surface area (Å²) < 4.78 is 30.5. The molecule has 3 aromatic rings. The molecule has 1 saturated carbocycles. The zero-order valence-electron chi connectivity index (χ0n) is 24.1. The third kappa shape index (κ3) is 6.04. The summed E-state index contributed by atoms with van der Waals surface area (Å²) in [5, 5.41) is 2.82. The molecule has 0 radical (unpaired) electrons. The standard InChI is InChI=1S/C29H33ClF2N8O3/c1-37(2)25-22(31)13-20(24(32)36-25)23-15-34-26(38(23)3)27(41)35-18-4-5-19(21(30)12-18)29(43)40-8-6-39(7-9-40)28(42)17-10-16(11-17)14-33/h4-5,12-13,15-17H,6-11,14,33H2,1-3H3,(H,35,41). The summed E-state index contributed by atoms with van der Waals surface area (Å²) in [5.74, 6) is -2.13. The lowest BCUT2D eigenvalue weighted by atomic mass is 9.74. The Morgan fingerprint density at radius 2 is 1.77 bits per heavy atom. The highest BCUT2D eigenvalue weighted by atomic mass is 35.5. The van der Waals surface area contributed by atoms with Gasteiger partial charge in [0, 0.05) is 58.9 Å². The Kier molecular flexibility index (Phi) is 8.65. The number of nitrogens with zero attached hydrogens (tertiary/aromatic N) is 6. The Labute approximate surface area is 252 Å². The summed E-state index contributed by atoms with van der Waals surface area (Å²) in [5.41, 5.74) is 6.28. The fourth-order valence-electron chi connectivity index (χ4n) is 5.46. The van der Waals surface area contributed by atoms with Gasteiger partial charge in [-0.05, 0) is 49.6 Å². The van der Waals surface area contributed by atoms with Crippen molar-refractivity contribution >= 4 is 40.8 Å². The third-order valence-corrected chi connectivity index (χ3v) is 8.37. The fourth-order valence-corrected chi connectivity index (χ4v) is 5.72. The molecule has 1 aliphatic carbocycles. The Morgan fingerprint density at radius 3 is 2.40 bits per heavy atom. The van der Waals surface area contributed by atoms with E-state index in [1.54, 1.807) is 25.1 Å². The summed E-state index contributed by atoms with van der Waals surface area (Å²) in [6.45, 7) is 2.31. The van der Waals surface area contributed by atoms with Crippen LogP contribution in [0.1, 0.15) is 33.8 Å². The second-order valence-electron chi connectivity index (χ2n) is 11.1. The number of imidazole rings is 1. The molecular formula is C29H33ClF2N8O3. The molecule has 1 aromatic carbocycles. The van der Waals surface area contributed by atoms with E-state index in [1.165, 1.54) is 34.8 Å². The van der Waals surface area contributed by atoms with Crippen LogP contribution in [-0.4, -0.2) is 88.9 Å². The van der Waals surface area contributed by atoms with E-state index in [9.17, 15) is 23.2 Å². The first-order valence-electron chi connectivity index (χ1n) is 13.9. The van der Waals surface area contributed by atoms with Crippen LogP contribution in [0.3, 0.4) is 0 Å². The summed E-state index contributed by atoms with van der Waals surface area (Å²) in [7, 11) is 4.59. The molecule has 0 bridgehead atoms. The van der Waals surface area contributed by atoms with Gasteiger partial charge >= 0.3 is 0 Å². The van der Waals surface area contributed by atoms with E-state index in [0.717, 1.165) is 18.9 Å². The molecule has 2 aromatic heterocycles. The minimum absolute atomic E-state index is 0.0288. The summed E-state index contributed by atoms with van der Waals surface area (Å²) in [6.07, 6.45) is 2.92. The number of aromatic nitrogens is 3. The molecule has 1 aliphatic heterocycles. The number of rotatable bonds is 7. The van der Waals surface area contributed by atoms with Crippen LogP contribution in [0.4, 0.5) is 20.3 Å². The first-order valence-corrected chi connectivity index (χ1v) is 14.3. The van der Waals surface area contributed by atoms with E-state index in [-0.39, 0.29) is 51.2 Å². The van der Waals surface area contributed by atoms with Crippen LogP contribution in [0.5, 0.6) is 0 Å². The van der Waals surface area contributed by atoms with Crippen molar-refractivity contribution in [1.82, 2.24) is 24.3 Å². The molecule has 0 spiro atoms. The van der Waals surface area contributed by atoms with Crippen LogP contribution in [0, 0.1) is 23.6 Å². The number of hydrogen-bond donors (Lipinski definition) is 2. The average Bonchev–Trinajstić information content (AvgIpc) is 3.34. The summed E-state index contributed by atoms with van der Waals surface area (Å²) in [4.78, 5) is 51.5. The van der Waals surface area contributed by atoms with Gasteiger partial charge in [0.05, 0.1) is 28.0 Å². The number of nitrogens with one attached hydrogen (secondary N) is 1. The molecule has 2 aliphatic rings.